The van der Waals surface area contributed by atoms with Gasteiger partial charge in [0.25, 0.3) is 0 Å². The number of aromatic nitrogens is 4. The third-order valence-electron chi connectivity index (χ3n) is 5.70. The van der Waals surface area contributed by atoms with E-state index < -0.39 is 0 Å². The van der Waals surface area contributed by atoms with Gasteiger partial charge in [0.1, 0.15) is 5.82 Å². The van der Waals surface area contributed by atoms with Crippen molar-refractivity contribution in [3.8, 4) is 22.6 Å². The molecule has 3 N–H and O–H groups in total. The molecule has 0 bridgehead atoms. The van der Waals surface area contributed by atoms with E-state index in [-0.39, 0.29) is 36.7 Å². The molecule has 2 aromatic carbocycles. The minimum Gasteiger partial charge on any atom is -0.369 e. The monoisotopic (exact) mass is 508 g/mol. The summed E-state index contributed by atoms with van der Waals surface area (Å²) in [5.41, 5.74) is 11.7. The van der Waals surface area contributed by atoms with E-state index >= 15 is 0 Å². The molecule has 174 valence electrons. The molecule has 10 heteroatoms. The second-order valence-electron chi connectivity index (χ2n) is 8.04. The number of aromatic amines is 1. The Morgan fingerprint density at radius 3 is 2.61 bits per heavy atom. The summed E-state index contributed by atoms with van der Waals surface area (Å²) in [6, 6.07) is 10.7. The van der Waals surface area contributed by atoms with Gasteiger partial charge in [0, 0.05) is 29.7 Å². The standard InChI is InChI=1S/C23H22ClFN6.2ClH/c1-13-8-14(10-16(25)9-13)18-12-27-30-21(22(18)31-6-4-17(26)5-7-31)23-28-19-3-2-15(24)11-20(19)29-23;;/h2-3,8-12,17H,4-7,26H2,1H3,(H,28,29);2*1H. The Hall–Kier alpha value is -2.45. The van der Waals surface area contributed by atoms with Gasteiger partial charge >= 0.3 is 0 Å². The summed E-state index contributed by atoms with van der Waals surface area (Å²) >= 11 is 6.14. The second kappa shape index (κ2) is 10.2. The number of piperidine rings is 1. The molecule has 6 nitrogen and oxygen atoms in total. The summed E-state index contributed by atoms with van der Waals surface area (Å²) in [6.45, 7) is 3.45. The van der Waals surface area contributed by atoms with Crippen LogP contribution < -0.4 is 10.6 Å². The third-order valence-corrected chi connectivity index (χ3v) is 5.94. The van der Waals surface area contributed by atoms with Crippen molar-refractivity contribution in [2.24, 2.45) is 5.73 Å². The highest BCUT2D eigenvalue weighted by atomic mass is 35.5. The van der Waals surface area contributed by atoms with Crippen LogP contribution in [0.3, 0.4) is 0 Å². The van der Waals surface area contributed by atoms with E-state index in [4.69, 9.17) is 22.3 Å². The normalized spacial score (nSPS) is 14.1. The van der Waals surface area contributed by atoms with Crippen molar-refractivity contribution < 1.29 is 4.39 Å². The minimum absolute atomic E-state index is 0. The Labute approximate surface area is 208 Å². The highest BCUT2D eigenvalue weighted by molar-refractivity contribution is 6.31. The molecule has 33 heavy (non-hydrogen) atoms. The quantitative estimate of drug-likeness (QED) is 0.378. The Bertz CT molecular complexity index is 1250. The lowest BCUT2D eigenvalue weighted by Crippen LogP contribution is -2.40. The van der Waals surface area contributed by atoms with Crippen molar-refractivity contribution >= 4 is 53.1 Å². The van der Waals surface area contributed by atoms with E-state index in [1.54, 1.807) is 12.3 Å². The van der Waals surface area contributed by atoms with E-state index in [1.807, 2.05) is 25.1 Å². The number of nitrogens with zero attached hydrogens (tertiary/aromatic N) is 4. The van der Waals surface area contributed by atoms with E-state index in [9.17, 15) is 4.39 Å². The van der Waals surface area contributed by atoms with Crippen molar-refractivity contribution in [3.05, 3.63) is 59.0 Å². The molecule has 1 fully saturated rings. The van der Waals surface area contributed by atoms with Gasteiger partial charge < -0.3 is 15.6 Å². The topological polar surface area (TPSA) is 83.7 Å². The number of rotatable bonds is 3. The van der Waals surface area contributed by atoms with Crippen LogP contribution in [0.4, 0.5) is 10.1 Å². The zero-order chi connectivity index (χ0) is 21.5. The average Bonchev–Trinajstić information content (AvgIpc) is 3.16. The SMILES string of the molecule is Cc1cc(F)cc(-c2cnnc(-c3nc4ccc(Cl)cc4[nH]3)c2N2CCC(N)CC2)c1.Cl.Cl. The van der Waals surface area contributed by atoms with Gasteiger partial charge in [0.15, 0.2) is 11.5 Å². The number of anilines is 1. The first-order valence-corrected chi connectivity index (χ1v) is 10.6. The van der Waals surface area contributed by atoms with Crippen molar-refractivity contribution in [2.45, 2.75) is 25.8 Å². The maximum absolute atomic E-state index is 14.2. The van der Waals surface area contributed by atoms with Crippen LogP contribution in [0.5, 0.6) is 0 Å². The molecular formula is C23H24Cl3FN6. The molecular weight excluding hydrogens is 486 g/mol. The first-order chi connectivity index (χ1) is 15.0. The zero-order valence-corrected chi connectivity index (χ0v) is 20.3. The summed E-state index contributed by atoms with van der Waals surface area (Å²) in [7, 11) is 0. The lowest BCUT2D eigenvalue weighted by molar-refractivity contribution is 0.501. The Morgan fingerprint density at radius 1 is 1.12 bits per heavy atom. The molecule has 2 aromatic heterocycles. The van der Waals surface area contributed by atoms with Crippen LogP contribution in [0.2, 0.25) is 5.02 Å². The number of nitrogens with two attached hydrogens (primary N) is 1. The fourth-order valence-electron chi connectivity index (χ4n) is 4.18. The molecule has 0 saturated carbocycles. The van der Waals surface area contributed by atoms with Crippen LogP contribution in [-0.4, -0.2) is 39.3 Å². The largest absolute Gasteiger partial charge is 0.369 e. The number of benzene rings is 2. The predicted molar refractivity (Wildman–Crippen MR) is 136 cm³/mol. The first kappa shape index (κ1) is 25.2. The summed E-state index contributed by atoms with van der Waals surface area (Å²) in [6.07, 6.45) is 3.44. The Balaban J connectivity index is 0.00000153. The van der Waals surface area contributed by atoms with E-state index in [1.165, 1.54) is 12.1 Å². The molecule has 3 heterocycles. The summed E-state index contributed by atoms with van der Waals surface area (Å²) in [5.74, 6) is 0.322. The van der Waals surface area contributed by atoms with Gasteiger partial charge in [-0.25, -0.2) is 9.37 Å². The third kappa shape index (κ3) is 5.06. The second-order valence-corrected chi connectivity index (χ2v) is 8.48. The van der Waals surface area contributed by atoms with E-state index in [2.05, 4.69) is 20.1 Å². The maximum Gasteiger partial charge on any atom is 0.161 e. The fraction of sp³-hybridized carbons (Fsp3) is 0.261. The Kier molecular flexibility index (Phi) is 7.80. The Morgan fingerprint density at radius 2 is 1.88 bits per heavy atom. The molecule has 0 atom stereocenters. The smallest absolute Gasteiger partial charge is 0.161 e. The number of hydrogen-bond donors (Lipinski definition) is 2. The maximum atomic E-state index is 14.2. The van der Waals surface area contributed by atoms with Gasteiger partial charge in [-0.2, -0.15) is 5.10 Å². The molecule has 1 saturated heterocycles. The van der Waals surface area contributed by atoms with Crippen LogP contribution >= 0.6 is 36.4 Å². The van der Waals surface area contributed by atoms with Crippen LogP contribution in [0.15, 0.2) is 42.6 Å². The van der Waals surface area contributed by atoms with Crippen LogP contribution in [0.25, 0.3) is 33.7 Å². The lowest BCUT2D eigenvalue weighted by Gasteiger charge is -2.34. The molecule has 0 spiro atoms. The number of H-pyrrole nitrogens is 1. The van der Waals surface area contributed by atoms with Gasteiger partial charge in [-0.05, 0) is 61.2 Å². The summed E-state index contributed by atoms with van der Waals surface area (Å²) in [5, 5.41) is 9.32. The molecule has 5 rings (SSSR count). The number of aryl methyl sites for hydroxylation is 1. The number of fused-ring (bicyclic) bond motifs is 1. The molecule has 1 aliphatic rings. The van der Waals surface area contributed by atoms with E-state index in [0.717, 1.165) is 59.3 Å². The molecule has 1 aliphatic heterocycles. The van der Waals surface area contributed by atoms with Crippen LogP contribution in [0, 0.1) is 12.7 Å². The molecule has 0 radical (unpaired) electrons. The highest BCUT2D eigenvalue weighted by Gasteiger charge is 2.25. The van der Waals surface area contributed by atoms with Gasteiger partial charge in [0.05, 0.1) is 22.9 Å². The lowest BCUT2D eigenvalue weighted by atomic mass is 9.99. The number of hydrogen-bond acceptors (Lipinski definition) is 5. The number of halogens is 4. The summed E-state index contributed by atoms with van der Waals surface area (Å²) < 4.78 is 14.2. The minimum atomic E-state index is -0.279. The molecule has 4 aromatic rings. The van der Waals surface area contributed by atoms with Gasteiger partial charge in [-0.3, -0.25) is 0 Å². The van der Waals surface area contributed by atoms with Gasteiger partial charge in [-0.1, -0.05) is 17.7 Å². The van der Waals surface area contributed by atoms with Crippen molar-refractivity contribution in [2.75, 3.05) is 18.0 Å². The fourth-order valence-corrected chi connectivity index (χ4v) is 4.35. The average molecular weight is 510 g/mol. The molecule has 0 unspecified atom stereocenters. The zero-order valence-electron chi connectivity index (χ0n) is 17.9. The number of imidazole rings is 1. The van der Waals surface area contributed by atoms with Gasteiger partial charge in [-0.15, -0.1) is 29.9 Å². The number of nitrogens with one attached hydrogen (secondary N) is 1. The molecule has 0 amide bonds. The van der Waals surface area contributed by atoms with Crippen LogP contribution in [-0.2, 0) is 0 Å². The highest BCUT2D eigenvalue weighted by Crippen LogP contribution is 2.39. The van der Waals surface area contributed by atoms with Crippen LogP contribution in [0.1, 0.15) is 18.4 Å². The van der Waals surface area contributed by atoms with Gasteiger partial charge in [0.2, 0.25) is 0 Å². The summed E-state index contributed by atoms with van der Waals surface area (Å²) in [4.78, 5) is 10.3. The van der Waals surface area contributed by atoms with Crippen molar-refractivity contribution in [3.63, 3.8) is 0 Å². The van der Waals surface area contributed by atoms with E-state index in [0.29, 0.717) is 16.5 Å². The molecule has 0 aliphatic carbocycles. The van der Waals surface area contributed by atoms with Crippen molar-refractivity contribution in [1.29, 1.82) is 0 Å². The van der Waals surface area contributed by atoms with Crippen molar-refractivity contribution in [1.82, 2.24) is 20.2 Å². The first-order valence-electron chi connectivity index (χ1n) is 10.3. The predicted octanol–water partition coefficient (Wildman–Crippen LogP) is 5.56.